The second kappa shape index (κ2) is 3.95. The second-order valence-corrected chi connectivity index (χ2v) is 4.56. The number of nitrogens with zero attached hydrogens (tertiary/aromatic N) is 1. The normalized spacial score (nSPS) is 17.7. The molecule has 1 aromatic carbocycles. The molecule has 0 saturated heterocycles. The Balaban J connectivity index is 1.81. The number of hydrogen-bond acceptors (Lipinski definition) is 3. The minimum atomic E-state index is 0.204. The first-order chi connectivity index (χ1) is 8.25. The number of fused-ring (bicyclic) bond motifs is 1. The van der Waals surface area contributed by atoms with Gasteiger partial charge in [-0.3, -0.25) is 4.79 Å². The Hall–Kier alpha value is -1.71. The Bertz CT molecular complexity index is 454. The van der Waals surface area contributed by atoms with Gasteiger partial charge in [0.05, 0.1) is 0 Å². The second-order valence-electron chi connectivity index (χ2n) is 4.56. The lowest BCUT2D eigenvalue weighted by Gasteiger charge is -2.29. The van der Waals surface area contributed by atoms with Crippen LogP contribution < -0.4 is 14.4 Å². The van der Waals surface area contributed by atoms with Gasteiger partial charge in [-0.05, 0) is 25.0 Å². The van der Waals surface area contributed by atoms with Crippen molar-refractivity contribution in [1.82, 2.24) is 0 Å². The van der Waals surface area contributed by atoms with Crippen LogP contribution in [0.15, 0.2) is 18.2 Å². The molecule has 4 nitrogen and oxygen atoms in total. The van der Waals surface area contributed by atoms with Crippen LogP contribution in [0.4, 0.5) is 5.69 Å². The molecule has 0 bridgehead atoms. The van der Waals surface area contributed by atoms with E-state index in [1.807, 2.05) is 25.2 Å². The van der Waals surface area contributed by atoms with Crippen LogP contribution in [-0.4, -0.2) is 19.7 Å². The number of carbonyl (C=O) groups excluding carboxylic acids is 1. The predicted octanol–water partition coefficient (Wildman–Crippen LogP) is 2.18. The number of hydrogen-bond donors (Lipinski definition) is 0. The van der Waals surface area contributed by atoms with Crippen LogP contribution in [0.25, 0.3) is 0 Å². The smallest absolute Gasteiger partial charge is 0.231 e. The molecule has 90 valence electrons. The zero-order valence-electron chi connectivity index (χ0n) is 9.81. The maximum atomic E-state index is 12.1. The molecule has 1 aliphatic heterocycles. The van der Waals surface area contributed by atoms with Gasteiger partial charge in [-0.25, -0.2) is 0 Å². The fraction of sp³-hybridized carbons (Fsp3) is 0.462. The zero-order chi connectivity index (χ0) is 11.8. The Morgan fingerprint density at radius 3 is 2.76 bits per heavy atom. The molecule has 1 amide bonds. The summed E-state index contributed by atoms with van der Waals surface area (Å²) >= 11 is 0. The van der Waals surface area contributed by atoms with Crippen LogP contribution >= 0.6 is 0 Å². The van der Waals surface area contributed by atoms with E-state index in [-0.39, 0.29) is 18.6 Å². The van der Waals surface area contributed by atoms with E-state index in [1.165, 1.54) is 6.42 Å². The van der Waals surface area contributed by atoms with Crippen molar-refractivity contribution in [2.75, 3.05) is 18.7 Å². The Morgan fingerprint density at radius 1 is 1.29 bits per heavy atom. The lowest BCUT2D eigenvalue weighted by molar-refractivity contribution is -0.124. The van der Waals surface area contributed by atoms with Crippen LogP contribution in [0.2, 0.25) is 0 Å². The SMILES string of the molecule is CN(C(=O)C1CCC1)c1ccc2c(c1)OCO2. The first-order valence-corrected chi connectivity index (χ1v) is 5.93. The number of amides is 1. The quantitative estimate of drug-likeness (QED) is 0.785. The molecule has 17 heavy (non-hydrogen) atoms. The van der Waals surface area contributed by atoms with Crippen molar-refractivity contribution in [2.24, 2.45) is 5.92 Å². The summed E-state index contributed by atoms with van der Waals surface area (Å²) in [5.74, 6) is 1.88. The Kier molecular flexibility index (Phi) is 2.42. The average molecular weight is 233 g/mol. The molecule has 1 aliphatic carbocycles. The number of benzene rings is 1. The summed E-state index contributed by atoms with van der Waals surface area (Å²) in [6.45, 7) is 0.263. The van der Waals surface area contributed by atoms with Crippen molar-refractivity contribution in [1.29, 1.82) is 0 Å². The molecule has 0 radical (unpaired) electrons. The van der Waals surface area contributed by atoms with Crippen LogP contribution in [0, 0.1) is 5.92 Å². The topological polar surface area (TPSA) is 38.8 Å². The summed E-state index contributed by atoms with van der Waals surface area (Å²) in [5, 5.41) is 0. The van der Waals surface area contributed by atoms with Gasteiger partial charge in [0.25, 0.3) is 0 Å². The van der Waals surface area contributed by atoms with Gasteiger partial charge in [-0.1, -0.05) is 6.42 Å². The summed E-state index contributed by atoms with van der Waals surface area (Å²) in [5.41, 5.74) is 0.867. The molecule has 3 rings (SSSR count). The Morgan fingerprint density at radius 2 is 2.06 bits per heavy atom. The zero-order valence-corrected chi connectivity index (χ0v) is 9.81. The monoisotopic (exact) mass is 233 g/mol. The van der Waals surface area contributed by atoms with Crippen molar-refractivity contribution < 1.29 is 14.3 Å². The first-order valence-electron chi connectivity index (χ1n) is 5.93. The van der Waals surface area contributed by atoms with Crippen molar-refractivity contribution in [3.63, 3.8) is 0 Å². The fourth-order valence-electron chi connectivity index (χ4n) is 2.15. The summed E-state index contributed by atoms with van der Waals surface area (Å²) in [6.07, 6.45) is 3.22. The minimum absolute atomic E-state index is 0.204. The molecule has 1 heterocycles. The molecule has 2 aliphatic rings. The number of carbonyl (C=O) groups is 1. The molecule has 0 aromatic heterocycles. The lowest BCUT2D eigenvalue weighted by Crippen LogP contribution is -2.36. The molecule has 0 spiro atoms. The molecule has 0 atom stereocenters. The van der Waals surface area contributed by atoms with E-state index in [0.29, 0.717) is 0 Å². The largest absolute Gasteiger partial charge is 0.454 e. The number of rotatable bonds is 2. The van der Waals surface area contributed by atoms with Gasteiger partial charge in [0.1, 0.15) is 0 Å². The molecule has 0 N–H and O–H groups in total. The van der Waals surface area contributed by atoms with E-state index in [2.05, 4.69) is 0 Å². The van der Waals surface area contributed by atoms with Gasteiger partial charge in [-0.2, -0.15) is 0 Å². The highest BCUT2D eigenvalue weighted by molar-refractivity contribution is 5.95. The summed E-state index contributed by atoms with van der Waals surface area (Å²) in [6, 6.07) is 5.60. The summed E-state index contributed by atoms with van der Waals surface area (Å²) in [7, 11) is 1.82. The van der Waals surface area contributed by atoms with Crippen LogP contribution in [-0.2, 0) is 4.79 Å². The third-order valence-corrected chi connectivity index (χ3v) is 3.53. The predicted molar refractivity (Wildman–Crippen MR) is 63.3 cm³/mol. The minimum Gasteiger partial charge on any atom is -0.454 e. The fourth-order valence-corrected chi connectivity index (χ4v) is 2.15. The van der Waals surface area contributed by atoms with Gasteiger partial charge < -0.3 is 14.4 Å². The maximum absolute atomic E-state index is 12.1. The highest BCUT2D eigenvalue weighted by atomic mass is 16.7. The summed E-state index contributed by atoms with van der Waals surface area (Å²) < 4.78 is 10.6. The highest BCUT2D eigenvalue weighted by Gasteiger charge is 2.29. The Labute approximate surface area is 100 Å². The van der Waals surface area contributed by atoms with Crippen molar-refractivity contribution in [3.8, 4) is 11.5 Å². The molecule has 1 saturated carbocycles. The number of ether oxygens (including phenoxy) is 2. The molecular formula is C13H15NO3. The van der Waals surface area contributed by atoms with E-state index in [4.69, 9.17) is 9.47 Å². The molecule has 4 heteroatoms. The van der Waals surface area contributed by atoms with Gasteiger partial charge in [0, 0.05) is 24.7 Å². The summed E-state index contributed by atoms with van der Waals surface area (Å²) in [4.78, 5) is 13.8. The van der Waals surface area contributed by atoms with Gasteiger partial charge >= 0.3 is 0 Å². The van der Waals surface area contributed by atoms with Crippen molar-refractivity contribution in [3.05, 3.63) is 18.2 Å². The van der Waals surface area contributed by atoms with Crippen LogP contribution in [0.5, 0.6) is 11.5 Å². The van der Waals surface area contributed by atoms with E-state index >= 15 is 0 Å². The third-order valence-electron chi connectivity index (χ3n) is 3.53. The van der Waals surface area contributed by atoms with E-state index in [1.54, 1.807) is 4.90 Å². The van der Waals surface area contributed by atoms with Gasteiger partial charge in [0.15, 0.2) is 11.5 Å². The molecule has 1 aromatic rings. The van der Waals surface area contributed by atoms with E-state index < -0.39 is 0 Å². The third kappa shape index (κ3) is 1.73. The standard InChI is InChI=1S/C13H15NO3/c1-14(13(15)9-3-2-4-9)10-5-6-11-12(7-10)17-8-16-11/h5-7,9H,2-4,8H2,1H3. The average Bonchev–Trinajstić information content (AvgIpc) is 2.72. The van der Waals surface area contributed by atoms with Crippen molar-refractivity contribution in [2.45, 2.75) is 19.3 Å². The van der Waals surface area contributed by atoms with Crippen LogP contribution in [0.3, 0.4) is 0 Å². The van der Waals surface area contributed by atoms with Gasteiger partial charge in [-0.15, -0.1) is 0 Å². The molecule has 1 fully saturated rings. The molecular weight excluding hydrogens is 218 g/mol. The molecule has 0 unspecified atom stereocenters. The lowest BCUT2D eigenvalue weighted by atomic mass is 9.84. The van der Waals surface area contributed by atoms with Crippen LogP contribution in [0.1, 0.15) is 19.3 Å². The first kappa shape index (κ1) is 10.4. The van der Waals surface area contributed by atoms with E-state index in [0.717, 1.165) is 30.0 Å². The van der Waals surface area contributed by atoms with Crippen molar-refractivity contribution >= 4 is 11.6 Å². The number of anilines is 1. The van der Waals surface area contributed by atoms with Gasteiger partial charge in [0.2, 0.25) is 12.7 Å². The highest BCUT2D eigenvalue weighted by Crippen LogP contribution is 2.36. The maximum Gasteiger partial charge on any atom is 0.231 e. The van der Waals surface area contributed by atoms with E-state index in [9.17, 15) is 4.79 Å².